The molecule has 172 valence electrons. The van der Waals surface area contributed by atoms with Crippen LogP contribution in [0, 0.1) is 0 Å². The minimum absolute atomic E-state index is 0.0434. The first-order valence-electron chi connectivity index (χ1n) is 10.4. The maximum atomic E-state index is 12.7. The topological polar surface area (TPSA) is 101 Å². The van der Waals surface area contributed by atoms with Gasteiger partial charge < -0.3 is 19.4 Å². The molecule has 0 radical (unpaired) electrons. The van der Waals surface area contributed by atoms with Crippen LogP contribution in [-0.4, -0.2) is 63.1 Å². The van der Waals surface area contributed by atoms with Gasteiger partial charge in [-0.3, -0.25) is 4.79 Å². The number of H-pyrrole nitrogens is 1. The minimum Gasteiger partial charge on any atom is -0.471 e. The first-order valence-corrected chi connectivity index (χ1v) is 12.2. The molecule has 0 saturated carbocycles. The van der Waals surface area contributed by atoms with E-state index in [4.69, 9.17) is 9.47 Å². The number of carbonyl (C=O) groups is 1. The number of aromatic amines is 1. The summed E-state index contributed by atoms with van der Waals surface area (Å²) in [5, 5.41) is 0. The SMILES string of the molecule is C[C@H]1CN=C(c2ccc(-c3cc(Oc4ccc(S(C)(=O)=O)cc4)cc(C(=O)N(C)C)c3)[nH]2)O1. The van der Waals surface area contributed by atoms with Gasteiger partial charge in [0.25, 0.3) is 5.91 Å². The minimum atomic E-state index is -3.30. The van der Waals surface area contributed by atoms with Crippen LogP contribution >= 0.6 is 0 Å². The maximum absolute atomic E-state index is 12.7. The molecule has 1 aliphatic rings. The van der Waals surface area contributed by atoms with Crippen LogP contribution in [-0.2, 0) is 14.6 Å². The molecule has 0 bridgehead atoms. The third-order valence-electron chi connectivity index (χ3n) is 5.08. The molecule has 1 aromatic heterocycles. The Hall–Kier alpha value is -3.59. The Bertz CT molecular complexity index is 1320. The smallest absolute Gasteiger partial charge is 0.253 e. The lowest BCUT2D eigenvalue weighted by atomic mass is 10.1. The van der Waals surface area contributed by atoms with Crippen LogP contribution in [0.1, 0.15) is 23.0 Å². The van der Waals surface area contributed by atoms with E-state index >= 15 is 0 Å². The van der Waals surface area contributed by atoms with Gasteiger partial charge in [-0.1, -0.05) is 0 Å². The molecule has 9 heteroatoms. The third-order valence-corrected chi connectivity index (χ3v) is 6.21. The van der Waals surface area contributed by atoms with E-state index in [9.17, 15) is 13.2 Å². The largest absolute Gasteiger partial charge is 0.471 e. The summed E-state index contributed by atoms with van der Waals surface area (Å²) in [6.07, 6.45) is 1.20. The Morgan fingerprint density at radius 1 is 1.06 bits per heavy atom. The molecule has 0 unspecified atom stereocenters. The first-order chi connectivity index (χ1) is 15.6. The van der Waals surface area contributed by atoms with Gasteiger partial charge in [-0.05, 0) is 61.5 Å². The zero-order valence-corrected chi connectivity index (χ0v) is 19.6. The Balaban J connectivity index is 1.68. The van der Waals surface area contributed by atoms with Crippen LogP contribution < -0.4 is 4.74 Å². The molecule has 3 aromatic rings. The molecule has 2 aromatic carbocycles. The van der Waals surface area contributed by atoms with Crippen LogP contribution in [0.3, 0.4) is 0 Å². The number of aliphatic imine (C=N–C) groups is 1. The van der Waals surface area contributed by atoms with Gasteiger partial charge in [0.05, 0.1) is 11.4 Å². The quantitative estimate of drug-likeness (QED) is 0.595. The lowest BCUT2D eigenvalue weighted by molar-refractivity contribution is 0.0827. The zero-order chi connectivity index (χ0) is 23.8. The highest BCUT2D eigenvalue weighted by atomic mass is 32.2. The highest BCUT2D eigenvalue weighted by molar-refractivity contribution is 7.90. The van der Waals surface area contributed by atoms with E-state index in [1.807, 2.05) is 25.1 Å². The van der Waals surface area contributed by atoms with Gasteiger partial charge in [0.1, 0.15) is 23.3 Å². The average molecular weight is 468 g/mol. The summed E-state index contributed by atoms with van der Waals surface area (Å²) in [6.45, 7) is 2.58. The van der Waals surface area contributed by atoms with Crippen molar-refractivity contribution in [1.29, 1.82) is 0 Å². The predicted octanol–water partition coefficient (Wildman–Crippen LogP) is 3.74. The standard InChI is InChI=1S/C24H25N3O5S/c1-15-14-25-23(31-15)22-10-9-21(26-22)16-11-17(24(28)27(2)3)13-19(12-16)32-18-5-7-20(8-6-18)33(4,29)30/h5-13,15,26H,14H2,1-4H3/t15-/m0/s1. The Labute approximate surface area is 192 Å². The van der Waals surface area contributed by atoms with E-state index in [0.29, 0.717) is 29.5 Å². The molecule has 8 nitrogen and oxygen atoms in total. The number of aromatic nitrogens is 1. The summed E-state index contributed by atoms with van der Waals surface area (Å²) in [6, 6.07) is 15.2. The van der Waals surface area contributed by atoms with Crippen molar-refractivity contribution in [1.82, 2.24) is 9.88 Å². The van der Waals surface area contributed by atoms with Gasteiger partial charge in [0.15, 0.2) is 9.84 Å². The molecule has 33 heavy (non-hydrogen) atoms. The van der Waals surface area contributed by atoms with E-state index in [1.165, 1.54) is 17.0 Å². The summed E-state index contributed by atoms with van der Waals surface area (Å²) in [4.78, 5) is 22.1. The van der Waals surface area contributed by atoms with Crippen molar-refractivity contribution < 1.29 is 22.7 Å². The van der Waals surface area contributed by atoms with Gasteiger partial charge >= 0.3 is 0 Å². The highest BCUT2D eigenvalue weighted by Gasteiger charge is 2.19. The third kappa shape index (κ3) is 5.09. The lowest BCUT2D eigenvalue weighted by Gasteiger charge is -2.14. The van der Waals surface area contributed by atoms with E-state index in [-0.39, 0.29) is 16.9 Å². The van der Waals surface area contributed by atoms with E-state index in [2.05, 4.69) is 9.98 Å². The number of nitrogens with zero attached hydrogens (tertiary/aromatic N) is 2. The number of nitrogens with one attached hydrogen (secondary N) is 1. The van der Waals surface area contributed by atoms with Crippen molar-refractivity contribution in [3.63, 3.8) is 0 Å². The van der Waals surface area contributed by atoms with Crippen LogP contribution in [0.15, 0.2) is 64.5 Å². The molecular weight excluding hydrogens is 442 g/mol. The fraction of sp³-hybridized carbons (Fsp3) is 0.250. The number of hydrogen-bond donors (Lipinski definition) is 1. The van der Waals surface area contributed by atoms with E-state index in [1.54, 1.807) is 38.4 Å². The molecule has 0 fully saturated rings. The van der Waals surface area contributed by atoms with E-state index in [0.717, 1.165) is 23.2 Å². The van der Waals surface area contributed by atoms with Gasteiger partial charge in [-0.25, -0.2) is 13.4 Å². The second-order valence-electron chi connectivity index (χ2n) is 8.15. The van der Waals surface area contributed by atoms with Gasteiger partial charge in [-0.2, -0.15) is 0 Å². The number of ether oxygens (including phenoxy) is 2. The van der Waals surface area contributed by atoms with Gasteiger partial charge in [0.2, 0.25) is 5.90 Å². The van der Waals surface area contributed by atoms with Crippen molar-refractivity contribution in [2.24, 2.45) is 4.99 Å². The monoisotopic (exact) mass is 467 g/mol. The molecule has 4 rings (SSSR count). The van der Waals surface area contributed by atoms with Crippen LogP contribution in [0.4, 0.5) is 0 Å². The van der Waals surface area contributed by atoms with Crippen molar-refractivity contribution in [2.75, 3.05) is 26.9 Å². The molecule has 2 heterocycles. The van der Waals surface area contributed by atoms with Crippen LogP contribution in [0.25, 0.3) is 11.3 Å². The number of amides is 1. The highest BCUT2D eigenvalue weighted by Crippen LogP contribution is 2.30. The zero-order valence-electron chi connectivity index (χ0n) is 18.8. The summed E-state index contributed by atoms with van der Waals surface area (Å²) < 4.78 is 35.1. The van der Waals surface area contributed by atoms with Crippen molar-refractivity contribution in [3.8, 4) is 22.8 Å². The molecule has 0 spiro atoms. The number of benzene rings is 2. The van der Waals surface area contributed by atoms with Crippen molar-refractivity contribution in [3.05, 3.63) is 65.9 Å². The molecule has 0 aliphatic carbocycles. The van der Waals surface area contributed by atoms with E-state index < -0.39 is 9.84 Å². The van der Waals surface area contributed by atoms with Crippen LogP contribution in [0.5, 0.6) is 11.5 Å². The fourth-order valence-electron chi connectivity index (χ4n) is 3.40. The van der Waals surface area contributed by atoms with Crippen molar-refractivity contribution in [2.45, 2.75) is 17.9 Å². The normalized spacial score (nSPS) is 15.6. The fourth-order valence-corrected chi connectivity index (χ4v) is 4.03. The van der Waals surface area contributed by atoms with Crippen LogP contribution in [0.2, 0.25) is 0 Å². The summed E-state index contributed by atoms with van der Waals surface area (Å²) in [5.74, 6) is 1.30. The number of carbonyl (C=O) groups excluding carboxylic acids is 1. The Morgan fingerprint density at radius 3 is 2.36 bits per heavy atom. The number of sulfone groups is 1. The molecule has 1 N–H and O–H groups in total. The number of rotatable bonds is 6. The molecule has 0 saturated heterocycles. The summed E-state index contributed by atoms with van der Waals surface area (Å²) >= 11 is 0. The van der Waals surface area contributed by atoms with Gasteiger partial charge in [0, 0.05) is 37.2 Å². The Kier molecular flexibility index (Phi) is 5.99. The summed E-state index contributed by atoms with van der Waals surface area (Å²) in [5.41, 5.74) is 2.75. The second-order valence-corrected chi connectivity index (χ2v) is 10.2. The number of hydrogen-bond acceptors (Lipinski definition) is 6. The molecule has 1 atom stereocenters. The Morgan fingerprint density at radius 2 is 1.76 bits per heavy atom. The summed E-state index contributed by atoms with van der Waals surface area (Å²) in [7, 11) is 0.0662. The first kappa shape index (κ1) is 22.6. The van der Waals surface area contributed by atoms with Crippen molar-refractivity contribution >= 4 is 21.6 Å². The second kappa shape index (κ2) is 8.74. The lowest BCUT2D eigenvalue weighted by Crippen LogP contribution is -2.21. The average Bonchev–Trinajstić information content (AvgIpc) is 3.42. The molecular formula is C24H25N3O5S. The molecule has 1 amide bonds. The van der Waals surface area contributed by atoms with Gasteiger partial charge in [-0.15, -0.1) is 0 Å². The molecule has 1 aliphatic heterocycles. The predicted molar refractivity (Wildman–Crippen MR) is 126 cm³/mol. The maximum Gasteiger partial charge on any atom is 0.253 e.